The number of ketones is 1. The molecule has 0 aromatic heterocycles. The molecule has 0 aliphatic carbocycles. The Morgan fingerprint density at radius 1 is 0.789 bits per heavy atom. The predicted octanol–water partition coefficient (Wildman–Crippen LogP) is 4.52. The second-order valence-electron chi connectivity index (χ2n) is 6.02. The Hall–Kier alpha value is -1.89. The molecule has 0 saturated carbocycles. The maximum absolute atomic E-state index is 12.3. The second-order valence-corrected chi connectivity index (χ2v) is 6.02. The van der Waals surface area contributed by atoms with E-state index in [1.807, 2.05) is 55.5 Å². The molecule has 0 spiro atoms. The van der Waals surface area contributed by atoms with Crippen LogP contribution in [0.5, 0.6) is 0 Å². The Balaban J connectivity index is 2.27. The minimum absolute atomic E-state index is 0.0838. The number of aryl methyl sites for hydroxylation is 1. The van der Waals surface area contributed by atoms with Gasteiger partial charge in [0.15, 0.2) is 5.78 Å². The normalized spacial score (nSPS) is 11.4. The quantitative estimate of drug-likeness (QED) is 0.718. The first-order valence-corrected chi connectivity index (χ1v) is 6.60. The van der Waals surface area contributed by atoms with E-state index in [-0.39, 0.29) is 11.2 Å². The van der Waals surface area contributed by atoms with Crippen LogP contribution in [0.3, 0.4) is 0 Å². The van der Waals surface area contributed by atoms with Gasteiger partial charge in [0.1, 0.15) is 0 Å². The van der Waals surface area contributed by atoms with E-state index in [0.717, 1.165) is 11.1 Å². The molecular weight excluding hydrogens is 232 g/mol. The zero-order valence-corrected chi connectivity index (χ0v) is 12.0. The van der Waals surface area contributed by atoms with Crippen molar-refractivity contribution in [3.8, 4) is 0 Å². The number of hydrogen-bond acceptors (Lipinski definition) is 1. The molecule has 0 atom stereocenters. The monoisotopic (exact) mass is 252 g/mol. The number of hydrogen-bond donors (Lipinski definition) is 0. The van der Waals surface area contributed by atoms with Gasteiger partial charge in [-0.05, 0) is 17.9 Å². The largest absolute Gasteiger partial charge is 0.289 e. The highest BCUT2D eigenvalue weighted by Gasteiger charge is 2.14. The number of rotatable bonds is 2. The first-order valence-electron chi connectivity index (χ1n) is 6.60. The molecule has 0 saturated heterocycles. The first-order chi connectivity index (χ1) is 8.88. The van der Waals surface area contributed by atoms with Crippen LogP contribution in [-0.2, 0) is 5.41 Å². The van der Waals surface area contributed by atoms with Crippen LogP contribution >= 0.6 is 0 Å². The van der Waals surface area contributed by atoms with Gasteiger partial charge in [-0.1, -0.05) is 74.9 Å². The van der Waals surface area contributed by atoms with Crippen molar-refractivity contribution in [1.82, 2.24) is 0 Å². The minimum atomic E-state index is 0.0838. The summed E-state index contributed by atoms with van der Waals surface area (Å²) < 4.78 is 0. The summed E-state index contributed by atoms with van der Waals surface area (Å²) in [6.45, 7) is 8.53. The third kappa shape index (κ3) is 3.11. The van der Waals surface area contributed by atoms with Gasteiger partial charge in [-0.25, -0.2) is 0 Å². The van der Waals surface area contributed by atoms with Gasteiger partial charge >= 0.3 is 0 Å². The number of benzene rings is 2. The highest BCUT2D eigenvalue weighted by atomic mass is 16.1. The molecule has 0 bridgehead atoms. The molecule has 2 aromatic rings. The molecule has 0 heterocycles. The molecule has 2 aromatic carbocycles. The molecule has 0 fully saturated rings. The summed E-state index contributed by atoms with van der Waals surface area (Å²) >= 11 is 0. The molecule has 1 nitrogen and oxygen atoms in total. The summed E-state index contributed by atoms with van der Waals surface area (Å²) in [6, 6.07) is 15.6. The van der Waals surface area contributed by atoms with E-state index in [4.69, 9.17) is 0 Å². The highest BCUT2D eigenvalue weighted by molar-refractivity contribution is 6.09. The van der Waals surface area contributed by atoms with Crippen molar-refractivity contribution in [2.75, 3.05) is 0 Å². The van der Waals surface area contributed by atoms with Crippen molar-refractivity contribution >= 4 is 5.78 Å². The van der Waals surface area contributed by atoms with Gasteiger partial charge in [-0.3, -0.25) is 4.79 Å². The van der Waals surface area contributed by atoms with Crippen LogP contribution in [-0.4, -0.2) is 5.78 Å². The smallest absolute Gasteiger partial charge is 0.193 e. The number of carbonyl (C=O) groups is 1. The van der Waals surface area contributed by atoms with Crippen molar-refractivity contribution in [1.29, 1.82) is 0 Å². The molecule has 1 heteroatoms. The molecule has 0 amide bonds. The van der Waals surface area contributed by atoms with Crippen molar-refractivity contribution in [2.24, 2.45) is 0 Å². The molecule has 0 N–H and O–H groups in total. The van der Waals surface area contributed by atoms with Crippen LogP contribution in [0.2, 0.25) is 0 Å². The van der Waals surface area contributed by atoms with Gasteiger partial charge in [0.25, 0.3) is 0 Å². The first kappa shape index (κ1) is 13.5. The van der Waals surface area contributed by atoms with Gasteiger partial charge in [0, 0.05) is 11.1 Å². The Morgan fingerprint density at radius 3 is 1.63 bits per heavy atom. The Bertz CT molecular complexity index is 569. The van der Waals surface area contributed by atoms with Crippen LogP contribution < -0.4 is 0 Å². The third-order valence-corrected chi connectivity index (χ3v) is 3.33. The van der Waals surface area contributed by atoms with E-state index in [1.54, 1.807) is 0 Å². The van der Waals surface area contributed by atoms with E-state index in [0.29, 0.717) is 0 Å². The van der Waals surface area contributed by atoms with E-state index in [2.05, 4.69) is 20.8 Å². The summed E-state index contributed by atoms with van der Waals surface area (Å²) in [4.78, 5) is 12.3. The zero-order valence-electron chi connectivity index (χ0n) is 12.0. The molecular formula is C18H20O. The van der Waals surface area contributed by atoms with Gasteiger partial charge in [-0.2, -0.15) is 0 Å². The Labute approximate surface area is 115 Å². The summed E-state index contributed by atoms with van der Waals surface area (Å²) in [5, 5.41) is 0. The molecule has 0 radical (unpaired) electrons. The van der Waals surface area contributed by atoms with Crippen LogP contribution in [0.15, 0.2) is 48.5 Å². The highest BCUT2D eigenvalue weighted by Crippen LogP contribution is 2.23. The van der Waals surface area contributed by atoms with E-state index in [9.17, 15) is 4.79 Å². The SMILES string of the molecule is Cc1ccc(C(=O)c2ccc(C(C)(C)C)cc2)cc1. The van der Waals surface area contributed by atoms with Gasteiger partial charge < -0.3 is 0 Å². The van der Waals surface area contributed by atoms with Crippen LogP contribution in [0.25, 0.3) is 0 Å². The fraction of sp³-hybridized carbons (Fsp3) is 0.278. The molecule has 2 rings (SSSR count). The van der Waals surface area contributed by atoms with Crippen molar-refractivity contribution in [3.05, 3.63) is 70.8 Å². The fourth-order valence-corrected chi connectivity index (χ4v) is 1.99. The molecule has 0 aliphatic rings. The molecule has 0 aliphatic heterocycles. The van der Waals surface area contributed by atoms with E-state index >= 15 is 0 Å². The second kappa shape index (κ2) is 5.00. The minimum Gasteiger partial charge on any atom is -0.289 e. The third-order valence-electron chi connectivity index (χ3n) is 3.33. The van der Waals surface area contributed by atoms with E-state index in [1.165, 1.54) is 11.1 Å². The van der Waals surface area contributed by atoms with Crippen molar-refractivity contribution < 1.29 is 4.79 Å². The zero-order chi connectivity index (χ0) is 14.0. The van der Waals surface area contributed by atoms with Crippen molar-refractivity contribution in [2.45, 2.75) is 33.1 Å². The molecule has 19 heavy (non-hydrogen) atoms. The summed E-state index contributed by atoms with van der Waals surface area (Å²) in [6.07, 6.45) is 0. The van der Waals surface area contributed by atoms with Gasteiger partial charge in [-0.15, -0.1) is 0 Å². The van der Waals surface area contributed by atoms with Crippen molar-refractivity contribution in [3.63, 3.8) is 0 Å². The fourth-order valence-electron chi connectivity index (χ4n) is 1.99. The van der Waals surface area contributed by atoms with Gasteiger partial charge in [0.2, 0.25) is 0 Å². The maximum atomic E-state index is 12.3. The summed E-state index contributed by atoms with van der Waals surface area (Å²) in [5.41, 5.74) is 4.02. The Kier molecular flexibility index (Phi) is 3.57. The lowest BCUT2D eigenvalue weighted by Crippen LogP contribution is -2.11. The lowest BCUT2D eigenvalue weighted by Gasteiger charge is -2.19. The Morgan fingerprint density at radius 2 is 1.21 bits per heavy atom. The lowest BCUT2D eigenvalue weighted by atomic mass is 9.86. The predicted molar refractivity (Wildman–Crippen MR) is 79.8 cm³/mol. The molecule has 0 unspecified atom stereocenters. The van der Waals surface area contributed by atoms with Crippen LogP contribution in [0.1, 0.15) is 47.8 Å². The van der Waals surface area contributed by atoms with Crippen LogP contribution in [0.4, 0.5) is 0 Å². The van der Waals surface area contributed by atoms with Crippen LogP contribution in [0, 0.1) is 6.92 Å². The average Bonchev–Trinajstić information content (AvgIpc) is 2.38. The maximum Gasteiger partial charge on any atom is 0.193 e. The number of carbonyl (C=O) groups excluding carboxylic acids is 1. The standard InChI is InChI=1S/C18H20O/c1-13-5-7-14(8-6-13)17(19)15-9-11-16(12-10-15)18(2,3)4/h5-12H,1-4H3. The summed E-state index contributed by atoms with van der Waals surface area (Å²) in [7, 11) is 0. The summed E-state index contributed by atoms with van der Waals surface area (Å²) in [5.74, 6) is 0.0838. The lowest BCUT2D eigenvalue weighted by molar-refractivity contribution is 0.103. The topological polar surface area (TPSA) is 17.1 Å². The average molecular weight is 252 g/mol. The van der Waals surface area contributed by atoms with Gasteiger partial charge in [0.05, 0.1) is 0 Å². The van der Waals surface area contributed by atoms with E-state index < -0.39 is 0 Å². The molecule has 98 valence electrons.